The topological polar surface area (TPSA) is 59.0 Å². The molecule has 0 bridgehead atoms. The van der Waals surface area contributed by atoms with E-state index in [0.717, 1.165) is 51.7 Å². The van der Waals surface area contributed by atoms with Gasteiger partial charge in [0, 0.05) is 32.6 Å². The summed E-state index contributed by atoms with van der Waals surface area (Å²) in [4.78, 5) is 17.1. The van der Waals surface area contributed by atoms with E-state index in [9.17, 15) is 9.90 Å². The summed E-state index contributed by atoms with van der Waals surface area (Å²) in [7, 11) is 0. The lowest BCUT2D eigenvalue weighted by atomic mass is 9.97. The molecule has 1 N–H and O–H groups in total. The largest absolute Gasteiger partial charge is 0.508 e. The van der Waals surface area contributed by atoms with Crippen molar-refractivity contribution in [1.29, 1.82) is 0 Å². The molecule has 5 nitrogen and oxygen atoms in total. The number of aromatic hydroxyl groups is 1. The molecule has 0 saturated carbocycles. The van der Waals surface area contributed by atoms with Gasteiger partial charge in [-0.15, -0.1) is 11.3 Å². The Morgan fingerprint density at radius 3 is 2.35 bits per heavy atom. The number of ketones is 1. The third-order valence-corrected chi connectivity index (χ3v) is 7.83. The molecule has 5 rings (SSSR count). The first kappa shape index (κ1) is 25.3. The van der Waals surface area contributed by atoms with E-state index in [-0.39, 0.29) is 17.6 Å². The number of phenolic OH excluding ortho intramolecular Hbond substituents is 1. The van der Waals surface area contributed by atoms with Crippen LogP contribution in [0, 0.1) is 0 Å². The number of hydrogen-bond donors (Lipinski definition) is 1. The smallest absolute Gasteiger partial charge is 0.195 e. The first-order valence-corrected chi connectivity index (χ1v) is 13.8. The monoisotopic (exact) mass is 515 g/mol. The van der Waals surface area contributed by atoms with Gasteiger partial charge in [-0.1, -0.05) is 6.42 Å². The Hall–Kier alpha value is -3.35. The second-order valence-electron chi connectivity index (χ2n) is 9.78. The summed E-state index contributed by atoms with van der Waals surface area (Å²) in [5.74, 6) is 1.70. The van der Waals surface area contributed by atoms with Crippen molar-refractivity contribution in [3.8, 4) is 27.7 Å². The van der Waals surface area contributed by atoms with Crippen LogP contribution >= 0.6 is 11.3 Å². The predicted molar refractivity (Wildman–Crippen MR) is 150 cm³/mol. The van der Waals surface area contributed by atoms with Gasteiger partial charge >= 0.3 is 0 Å². The van der Waals surface area contributed by atoms with Gasteiger partial charge in [0.05, 0.1) is 6.10 Å². The fraction of sp³-hybridized carbons (Fsp3) is 0.323. The van der Waals surface area contributed by atoms with E-state index in [1.807, 2.05) is 68.4 Å². The summed E-state index contributed by atoms with van der Waals surface area (Å²) in [5.41, 5.74) is 2.20. The fourth-order valence-electron chi connectivity index (χ4n) is 4.79. The van der Waals surface area contributed by atoms with Gasteiger partial charge < -0.3 is 14.6 Å². The molecule has 1 aliphatic rings. The number of rotatable bonds is 9. The fourth-order valence-corrected chi connectivity index (χ4v) is 6.03. The van der Waals surface area contributed by atoms with Crippen LogP contribution < -0.4 is 9.47 Å². The van der Waals surface area contributed by atoms with Gasteiger partial charge in [-0.05, 0) is 112 Å². The average Bonchev–Trinajstić information content (AvgIpc) is 3.28. The zero-order chi connectivity index (χ0) is 25.8. The van der Waals surface area contributed by atoms with E-state index in [2.05, 4.69) is 4.90 Å². The summed E-state index contributed by atoms with van der Waals surface area (Å²) in [5, 5.41) is 10.9. The molecule has 0 unspecified atom stereocenters. The molecule has 0 aliphatic carbocycles. The van der Waals surface area contributed by atoms with Crippen LogP contribution in [0.25, 0.3) is 20.5 Å². The normalized spacial score (nSPS) is 14.2. The van der Waals surface area contributed by atoms with Gasteiger partial charge in [0.1, 0.15) is 23.9 Å². The summed E-state index contributed by atoms with van der Waals surface area (Å²) in [6, 6.07) is 20.4. The minimum Gasteiger partial charge on any atom is -0.508 e. The highest BCUT2D eigenvalue weighted by atomic mass is 32.1. The van der Waals surface area contributed by atoms with Crippen LogP contribution in [0.1, 0.15) is 49.0 Å². The van der Waals surface area contributed by atoms with Crippen molar-refractivity contribution in [2.45, 2.75) is 39.2 Å². The van der Waals surface area contributed by atoms with Crippen LogP contribution in [-0.4, -0.2) is 48.1 Å². The van der Waals surface area contributed by atoms with Gasteiger partial charge in [0.15, 0.2) is 5.78 Å². The molecular formula is C31H33NO4S. The number of phenols is 1. The van der Waals surface area contributed by atoms with E-state index in [0.29, 0.717) is 17.7 Å². The lowest BCUT2D eigenvalue weighted by Gasteiger charge is -2.26. The van der Waals surface area contributed by atoms with Crippen molar-refractivity contribution in [3.05, 3.63) is 77.9 Å². The Bertz CT molecular complexity index is 1350. The van der Waals surface area contributed by atoms with E-state index in [1.165, 1.54) is 30.6 Å². The summed E-state index contributed by atoms with van der Waals surface area (Å²) in [6.45, 7) is 7.87. The Balaban J connectivity index is 1.38. The average molecular weight is 516 g/mol. The first-order chi connectivity index (χ1) is 18.0. The Morgan fingerprint density at radius 2 is 1.65 bits per heavy atom. The highest BCUT2D eigenvalue weighted by molar-refractivity contribution is 7.22. The lowest BCUT2D eigenvalue weighted by molar-refractivity contribution is 0.104. The second kappa shape index (κ2) is 11.4. The molecule has 6 heteroatoms. The number of piperidine rings is 1. The molecule has 3 aromatic carbocycles. The van der Waals surface area contributed by atoms with Crippen molar-refractivity contribution < 1.29 is 19.4 Å². The van der Waals surface area contributed by atoms with Crippen molar-refractivity contribution in [1.82, 2.24) is 4.90 Å². The quantitative estimate of drug-likeness (QED) is 0.240. The number of nitrogens with zero attached hydrogens (tertiary/aromatic N) is 1. The molecule has 37 heavy (non-hydrogen) atoms. The van der Waals surface area contributed by atoms with Crippen molar-refractivity contribution in [2.75, 3.05) is 26.2 Å². The number of hydrogen-bond acceptors (Lipinski definition) is 6. The molecule has 1 fully saturated rings. The highest BCUT2D eigenvalue weighted by Crippen LogP contribution is 2.41. The predicted octanol–water partition coefficient (Wildman–Crippen LogP) is 7.16. The Labute approximate surface area is 222 Å². The van der Waals surface area contributed by atoms with Crippen LogP contribution in [0.3, 0.4) is 0 Å². The summed E-state index contributed by atoms with van der Waals surface area (Å²) in [6.07, 6.45) is 3.95. The second-order valence-corrected chi connectivity index (χ2v) is 10.8. The number of thiophene rings is 1. The van der Waals surface area contributed by atoms with E-state index >= 15 is 0 Å². The maximum absolute atomic E-state index is 13.8. The Kier molecular flexibility index (Phi) is 7.77. The van der Waals surface area contributed by atoms with Gasteiger partial charge in [-0.2, -0.15) is 0 Å². The minimum atomic E-state index is -0.0469. The number of fused-ring (bicyclic) bond motifs is 1. The van der Waals surface area contributed by atoms with Crippen LogP contribution in [0.5, 0.6) is 17.2 Å². The molecule has 4 aromatic rings. The SMILES string of the molecule is CC(C)Oc1ccc(-c2sc3cc(O)ccc3c2C(=O)c2ccc(OCCN3CCCCC3)cc2)cc1. The van der Waals surface area contributed by atoms with Crippen LogP contribution in [0.4, 0.5) is 0 Å². The van der Waals surface area contributed by atoms with Gasteiger partial charge in [0.25, 0.3) is 0 Å². The number of ether oxygens (including phenoxy) is 2. The third-order valence-electron chi connectivity index (χ3n) is 6.63. The lowest BCUT2D eigenvalue weighted by Crippen LogP contribution is -2.33. The van der Waals surface area contributed by atoms with Crippen LogP contribution in [0.2, 0.25) is 0 Å². The third kappa shape index (κ3) is 5.97. The van der Waals surface area contributed by atoms with Gasteiger partial charge in [0.2, 0.25) is 0 Å². The van der Waals surface area contributed by atoms with Gasteiger partial charge in [-0.3, -0.25) is 9.69 Å². The van der Waals surface area contributed by atoms with Gasteiger partial charge in [-0.25, -0.2) is 0 Å². The molecule has 0 atom stereocenters. The van der Waals surface area contributed by atoms with Crippen molar-refractivity contribution >= 4 is 27.2 Å². The molecule has 1 saturated heterocycles. The maximum atomic E-state index is 13.8. The van der Waals surface area contributed by atoms with Crippen LogP contribution in [0.15, 0.2) is 66.7 Å². The zero-order valence-corrected chi connectivity index (χ0v) is 22.2. The molecular weight excluding hydrogens is 482 g/mol. The first-order valence-electron chi connectivity index (χ1n) is 13.0. The summed E-state index contributed by atoms with van der Waals surface area (Å²) < 4.78 is 12.6. The highest BCUT2D eigenvalue weighted by Gasteiger charge is 2.22. The number of likely N-dealkylation sites (tertiary alicyclic amines) is 1. The standard InChI is InChI=1S/C31H33NO4S/c1-21(2)36-26-13-8-23(9-14-26)31-29(27-15-10-24(33)20-28(27)37-31)30(34)22-6-11-25(12-7-22)35-19-18-32-16-4-3-5-17-32/h6-15,20-21,33H,3-5,16-19H2,1-2H3. The van der Waals surface area contributed by atoms with E-state index in [1.54, 1.807) is 12.1 Å². The minimum absolute atomic E-state index is 0.0469. The molecule has 0 radical (unpaired) electrons. The van der Waals surface area contributed by atoms with E-state index < -0.39 is 0 Å². The van der Waals surface area contributed by atoms with E-state index in [4.69, 9.17) is 9.47 Å². The van der Waals surface area contributed by atoms with Crippen molar-refractivity contribution in [3.63, 3.8) is 0 Å². The molecule has 1 aliphatic heterocycles. The number of benzene rings is 3. The van der Waals surface area contributed by atoms with Crippen LogP contribution in [-0.2, 0) is 0 Å². The molecule has 2 heterocycles. The van der Waals surface area contributed by atoms with Crippen molar-refractivity contribution in [2.24, 2.45) is 0 Å². The molecule has 0 spiro atoms. The molecule has 1 aromatic heterocycles. The Morgan fingerprint density at radius 1 is 0.946 bits per heavy atom. The molecule has 192 valence electrons. The number of carbonyl (C=O) groups excluding carboxylic acids is 1. The number of carbonyl (C=O) groups is 1. The zero-order valence-electron chi connectivity index (χ0n) is 21.4. The summed E-state index contributed by atoms with van der Waals surface area (Å²) >= 11 is 1.51. The molecule has 0 amide bonds. The maximum Gasteiger partial charge on any atom is 0.195 e.